The number of carbonyl (C=O) groups excluding carboxylic acids is 1. The van der Waals surface area contributed by atoms with Gasteiger partial charge in [0, 0.05) is 17.1 Å². The Morgan fingerprint density at radius 3 is 2.76 bits per heavy atom. The van der Waals surface area contributed by atoms with Crippen molar-refractivity contribution >= 4 is 29.3 Å². The molecule has 10 heteroatoms. The van der Waals surface area contributed by atoms with E-state index in [1.54, 1.807) is 31.2 Å². The Balaban J connectivity index is 1.46. The summed E-state index contributed by atoms with van der Waals surface area (Å²) in [4.78, 5) is 27.6. The molecule has 2 unspecified atom stereocenters. The molecule has 3 heterocycles. The van der Waals surface area contributed by atoms with Crippen molar-refractivity contribution in [2.45, 2.75) is 32.0 Å². The van der Waals surface area contributed by atoms with E-state index in [4.69, 9.17) is 27.9 Å². The molecule has 1 saturated heterocycles. The van der Waals surface area contributed by atoms with Gasteiger partial charge in [-0.15, -0.1) is 0 Å². The predicted octanol–water partition coefficient (Wildman–Crippen LogP) is 4.47. The Bertz CT molecular complexity index is 1400. The molecule has 5 rings (SSSR count). The fourth-order valence-corrected chi connectivity index (χ4v) is 5.10. The van der Waals surface area contributed by atoms with Crippen LogP contribution in [0.1, 0.15) is 40.9 Å². The Morgan fingerprint density at radius 1 is 1.27 bits per heavy atom. The number of aromatic hydroxyl groups is 1. The largest absolute Gasteiger partial charge is 0.493 e. The van der Waals surface area contributed by atoms with E-state index in [1.807, 2.05) is 12.1 Å². The number of benzene rings is 2. The summed E-state index contributed by atoms with van der Waals surface area (Å²) in [6.45, 7) is 2.00. The van der Waals surface area contributed by atoms with Crippen molar-refractivity contribution in [3.8, 4) is 17.6 Å². The molecule has 2 aromatic carbocycles. The van der Waals surface area contributed by atoms with Gasteiger partial charge in [0.05, 0.1) is 28.4 Å². The summed E-state index contributed by atoms with van der Waals surface area (Å²) in [6.07, 6.45) is -0.0151. The quantitative estimate of drug-likeness (QED) is 0.590. The van der Waals surface area contributed by atoms with E-state index in [0.717, 1.165) is 0 Å². The lowest BCUT2D eigenvalue weighted by atomic mass is 10.1. The van der Waals surface area contributed by atoms with Crippen molar-refractivity contribution in [2.75, 3.05) is 6.54 Å². The van der Waals surface area contributed by atoms with Crippen LogP contribution in [0.4, 0.5) is 4.79 Å². The number of imidazole rings is 1. The number of rotatable bonds is 3. The number of hydrogen-bond acceptors (Lipinski definition) is 5. The first-order valence-electron chi connectivity index (χ1n) is 10.3. The predicted molar refractivity (Wildman–Crippen MR) is 121 cm³/mol. The lowest BCUT2D eigenvalue weighted by Gasteiger charge is -2.27. The van der Waals surface area contributed by atoms with Crippen LogP contribution in [0.15, 0.2) is 41.2 Å². The second-order valence-corrected chi connectivity index (χ2v) is 8.87. The normalized spacial score (nSPS) is 18.3. The SMILES string of the molecule is Cc1c(-n2c(O)c3n(c2=O)C2CC3N(C(=O)OCc3ccccc3Cl)C2)ccc(C#N)c1Cl. The van der Waals surface area contributed by atoms with Crippen LogP contribution in [0.2, 0.25) is 10.0 Å². The molecule has 1 N–H and O–H groups in total. The van der Waals surface area contributed by atoms with E-state index in [-0.39, 0.29) is 29.1 Å². The first-order chi connectivity index (χ1) is 15.8. The van der Waals surface area contributed by atoms with Crippen molar-refractivity contribution in [3.05, 3.63) is 79.3 Å². The third-order valence-electron chi connectivity index (χ3n) is 6.32. The van der Waals surface area contributed by atoms with Crippen LogP contribution in [0.5, 0.6) is 5.88 Å². The summed E-state index contributed by atoms with van der Waals surface area (Å²) in [6, 6.07) is 11.4. The molecule has 8 nitrogen and oxygen atoms in total. The van der Waals surface area contributed by atoms with E-state index < -0.39 is 17.8 Å². The van der Waals surface area contributed by atoms with Crippen LogP contribution in [0.3, 0.4) is 0 Å². The minimum Gasteiger partial charge on any atom is -0.493 e. The maximum Gasteiger partial charge on any atom is 0.410 e. The fourth-order valence-electron chi connectivity index (χ4n) is 4.71. The number of hydrogen-bond donors (Lipinski definition) is 1. The number of nitriles is 1. The topological polar surface area (TPSA) is 100 Å². The Morgan fingerprint density at radius 2 is 2.03 bits per heavy atom. The first kappa shape index (κ1) is 21.4. The van der Waals surface area contributed by atoms with Gasteiger partial charge < -0.3 is 9.84 Å². The fraction of sp³-hybridized carbons (Fsp3) is 0.261. The molecular weight excluding hydrogens is 467 g/mol. The molecule has 1 amide bonds. The molecule has 1 fully saturated rings. The summed E-state index contributed by atoms with van der Waals surface area (Å²) >= 11 is 12.4. The lowest BCUT2D eigenvalue weighted by molar-refractivity contribution is 0.0870. The van der Waals surface area contributed by atoms with Gasteiger partial charge in [-0.2, -0.15) is 5.26 Å². The second-order valence-electron chi connectivity index (χ2n) is 8.08. The van der Waals surface area contributed by atoms with Gasteiger partial charge in [0.1, 0.15) is 18.4 Å². The minimum atomic E-state index is -0.536. The molecule has 2 bridgehead atoms. The zero-order valence-electron chi connectivity index (χ0n) is 17.5. The van der Waals surface area contributed by atoms with Crippen LogP contribution < -0.4 is 5.69 Å². The zero-order chi connectivity index (χ0) is 23.4. The van der Waals surface area contributed by atoms with Crippen LogP contribution >= 0.6 is 23.2 Å². The number of likely N-dealkylation sites (tertiary alicyclic amines) is 1. The molecule has 0 aliphatic carbocycles. The second kappa shape index (κ2) is 7.87. The Hall–Kier alpha value is -3.41. The van der Waals surface area contributed by atoms with Crippen LogP contribution in [-0.2, 0) is 11.3 Å². The number of fused-ring (bicyclic) bond motifs is 5. The minimum absolute atomic E-state index is 0.0229. The van der Waals surface area contributed by atoms with Gasteiger partial charge in [0.15, 0.2) is 0 Å². The summed E-state index contributed by atoms with van der Waals surface area (Å²) in [5.41, 5.74) is 1.81. The number of aromatic nitrogens is 2. The van der Waals surface area contributed by atoms with Crippen molar-refractivity contribution in [1.29, 1.82) is 5.26 Å². The molecule has 0 spiro atoms. The van der Waals surface area contributed by atoms with Gasteiger partial charge in [0.2, 0.25) is 5.88 Å². The molecule has 168 valence electrons. The van der Waals surface area contributed by atoms with Gasteiger partial charge >= 0.3 is 11.8 Å². The zero-order valence-corrected chi connectivity index (χ0v) is 19.0. The number of halogens is 2. The molecule has 33 heavy (non-hydrogen) atoms. The highest BCUT2D eigenvalue weighted by Gasteiger charge is 2.49. The molecule has 2 atom stereocenters. The monoisotopic (exact) mass is 484 g/mol. The maximum absolute atomic E-state index is 13.2. The molecule has 0 radical (unpaired) electrons. The highest BCUT2D eigenvalue weighted by atomic mass is 35.5. The van der Waals surface area contributed by atoms with E-state index in [2.05, 4.69) is 0 Å². The summed E-state index contributed by atoms with van der Waals surface area (Å²) < 4.78 is 8.17. The van der Waals surface area contributed by atoms with Crippen molar-refractivity contribution < 1.29 is 14.6 Å². The van der Waals surface area contributed by atoms with E-state index >= 15 is 0 Å². The van der Waals surface area contributed by atoms with E-state index in [9.17, 15) is 20.0 Å². The van der Waals surface area contributed by atoms with E-state index in [0.29, 0.717) is 40.5 Å². The standard InChI is InChI=1S/C23H18Cl2N4O4/c1-12-17(7-6-13(9-26)19(12)25)29-21(30)20-18-8-15(28(20)22(29)31)10-27(18)23(32)33-11-14-4-2-3-5-16(14)24/h2-7,15,18,30H,8,10-11H2,1H3. The smallest absolute Gasteiger partial charge is 0.410 e. The van der Waals surface area contributed by atoms with Gasteiger partial charge in [-0.1, -0.05) is 41.4 Å². The summed E-state index contributed by atoms with van der Waals surface area (Å²) in [5.74, 6) is -0.250. The van der Waals surface area contributed by atoms with Crippen molar-refractivity contribution in [3.63, 3.8) is 0 Å². The van der Waals surface area contributed by atoms with Crippen LogP contribution in [-0.4, -0.2) is 31.8 Å². The van der Waals surface area contributed by atoms with Gasteiger partial charge in [0.25, 0.3) is 0 Å². The van der Waals surface area contributed by atoms with Crippen LogP contribution in [0.25, 0.3) is 5.69 Å². The van der Waals surface area contributed by atoms with Gasteiger partial charge in [-0.05, 0) is 37.1 Å². The molecular formula is C23H18Cl2N4O4. The molecule has 0 saturated carbocycles. The average molecular weight is 485 g/mol. The molecule has 3 aromatic rings. The highest BCUT2D eigenvalue weighted by Crippen LogP contribution is 2.49. The third kappa shape index (κ3) is 3.19. The highest BCUT2D eigenvalue weighted by molar-refractivity contribution is 6.32. The first-order valence-corrected chi connectivity index (χ1v) is 11.0. The molecule has 1 aromatic heterocycles. The number of carbonyl (C=O) groups is 1. The number of amides is 1. The van der Waals surface area contributed by atoms with Crippen LogP contribution in [0, 0.1) is 18.3 Å². The Labute approximate surface area is 198 Å². The van der Waals surface area contributed by atoms with Crippen molar-refractivity contribution in [1.82, 2.24) is 14.0 Å². The Kier molecular flexibility index (Phi) is 5.11. The van der Waals surface area contributed by atoms with Crippen molar-refractivity contribution in [2.24, 2.45) is 0 Å². The molecule has 2 aliphatic heterocycles. The number of ether oxygens (including phenoxy) is 1. The maximum atomic E-state index is 13.2. The average Bonchev–Trinajstić information content (AvgIpc) is 3.47. The third-order valence-corrected chi connectivity index (χ3v) is 7.18. The molecule has 2 aliphatic rings. The lowest BCUT2D eigenvalue weighted by Crippen LogP contribution is -2.38. The summed E-state index contributed by atoms with van der Waals surface area (Å²) in [5, 5.41) is 20.9. The van der Waals surface area contributed by atoms with Gasteiger partial charge in [-0.25, -0.2) is 14.2 Å². The van der Waals surface area contributed by atoms with Gasteiger partial charge in [-0.3, -0.25) is 9.47 Å². The van der Waals surface area contributed by atoms with E-state index in [1.165, 1.54) is 20.1 Å². The number of nitrogens with zero attached hydrogens (tertiary/aromatic N) is 4. The summed E-state index contributed by atoms with van der Waals surface area (Å²) in [7, 11) is 0.